The molecule has 0 spiro atoms. The summed E-state index contributed by atoms with van der Waals surface area (Å²) < 4.78 is 49.5. The molecule has 0 aliphatic carbocycles. The molecule has 4 N–H and O–H groups in total. The molecule has 0 amide bonds. The quantitative estimate of drug-likeness (QED) is 0.690. The average molecular weight is 356 g/mol. The molecule has 0 bridgehead atoms. The zero-order valence-electron chi connectivity index (χ0n) is 11.2. The van der Waals surface area contributed by atoms with Crippen molar-refractivity contribution in [3.05, 3.63) is 24.3 Å². The molecule has 2 rings (SSSR count). The van der Waals surface area contributed by atoms with Gasteiger partial charge in [-0.05, 0) is 37.6 Å². The molecule has 1 heterocycles. The fourth-order valence-corrected chi connectivity index (χ4v) is 4.01. The average Bonchev–Trinajstić information content (AvgIpc) is 2.38. The van der Waals surface area contributed by atoms with Crippen molar-refractivity contribution < 1.29 is 16.8 Å². The third-order valence-electron chi connectivity index (χ3n) is 3.06. The van der Waals surface area contributed by atoms with E-state index in [2.05, 4.69) is 10.0 Å². The van der Waals surface area contributed by atoms with Gasteiger partial charge in [0.2, 0.25) is 20.0 Å². The molecule has 1 fully saturated rings. The lowest BCUT2D eigenvalue weighted by Crippen LogP contribution is -2.45. The lowest BCUT2D eigenvalue weighted by molar-refractivity contribution is 0.428. The Balaban J connectivity index is 0.00000220. The topological polar surface area (TPSA) is 118 Å². The van der Waals surface area contributed by atoms with E-state index in [0.29, 0.717) is 6.54 Å². The Labute approximate surface area is 130 Å². The van der Waals surface area contributed by atoms with Gasteiger partial charge >= 0.3 is 0 Å². The van der Waals surface area contributed by atoms with E-state index in [9.17, 15) is 16.8 Å². The number of benzene rings is 1. The van der Waals surface area contributed by atoms with Crippen molar-refractivity contribution in [1.82, 2.24) is 10.0 Å². The molecule has 0 saturated carbocycles. The summed E-state index contributed by atoms with van der Waals surface area (Å²) in [4.78, 5) is -0.322. The Morgan fingerprint density at radius 3 is 2.43 bits per heavy atom. The second kappa shape index (κ2) is 7.03. The van der Waals surface area contributed by atoms with Crippen LogP contribution < -0.4 is 15.2 Å². The number of hydrogen-bond donors (Lipinski definition) is 3. The predicted octanol–water partition coefficient (Wildman–Crippen LogP) is -0.214. The Kier molecular flexibility index (Phi) is 6.14. The van der Waals surface area contributed by atoms with Gasteiger partial charge in [0, 0.05) is 12.6 Å². The van der Waals surface area contributed by atoms with Crippen LogP contribution >= 0.6 is 12.4 Å². The van der Waals surface area contributed by atoms with Crippen molar-refractivity contribution in [3.63, 3.8) is 0 Å². The summed E-state index contributed by atoms with van der Waals surface area (Å²) in [5, 5.41) is 8.10. The minimum absolute atomic E-state index is 0. The number of nitrogens with one attached hydrogen (secondary N) is 2. The highest BCUT2D eigenvalue weighted by molar-refractivity contribution is 7.90. The number of halogens is 1. The Morgan fingerprint density at radius 1 is 1.19 bits per heavy atom. The van der Waals surface area contributed by atoms with Crippen LogP contribution in [0.25, 0.3) is 0 Å². The number of sulfonamides is 2. The Bertz CT molecular complexity index is 685. The highest BCUT2D eigenvalue weighted by Gasteiger charge is 2.22. The van der Waals surface area contributed by atoms with Crippen molar-refractivity contribution >= 4 is 32.5 Å². The lowest BCUT2D eigenvalue weighted by Gasteiger charge is -2.23. The van der Waals surface area contributed by atoms with Crippen molar-refractivity contribution in [2.75, 3.05) is 13.1 Å². The van der Waals surface area contributed by atoms with Gasteiger partial charge in [-0.15, -0.1) is 12.4 Å². The SMILES string of the molecule is Cl.NS(=O)(=O)c1cccc(S(=O)(=O)N[C@@H]2CCCNC2)c1. The van der Waals surface area contributed by atoms with E-state index in [1.807, 2.05) is 0 Å². The van der Waals surface area contributed by atoms with Crippen molar-refractivity contribution in [1.29, 1.82) is 0 Å². The molecule has 1 aliphatic heterocycles. The van der Waals surface area contributed by atoms with Gasteiger partial charge in [-0.2, -0.15) is 0 Å². The second-order valence-electron chi connectivity index (χ2n) is 4.68. The molecule has 0 aromatic heterocycles. The maximum absolute atomic E-state index is 12.2. The number of primary sulfonamides is 1. The summed E-state index contributed by atoms with van der Waals surface area (Å²) in [6.45, 7) is 1.44. The van der Waals surface area contributed by atoms with Crippen LogP contribution in [-0.4, -0.2) is 36.0 Å². The zero-order valence-corrected chi connectivity index (χ0v) is 13.6. The van der Waals surface area contributed by atoms with Crippen LogP contribution in [0.15, 0.2) is 34.1 Å². The van der Waals surface area contributed by atoms with Crippen LogP contribution in [0.5, 0.6) is 0 Å². The van der Waals surface area contributed by atoms with Gasteiger partial charge in [0.05, 0.1) is 9.79 Å². The van der Waals surface area contributed by atoms with E-state index < -0.39 is 20.0 Å². The monoisotopic (exact) mass is 355 g/mol. The van der Waals surface area contributed by atoms with Gasteiger partial charge in [-0.3, -0.25) is 0 Å². The predicted molar refractivity (Wildman–Crippen MR) is 81.3 cm³/mol. The molecule has 7 nitrogen and oxygen atoms in total. The zero-order chi connectivity index (χ0) is 14.8. The summed E-state index contributed by atoms with van der Waals surface area (Å²) in [7, 11) is -7.68. The van der Waals surface area contributed by atoms with Crippen LogP contribution in [0, 0.1) is 0 Å². The summed E-state index contributed by atoms with van der Waals surface area (Å²) >= 11 is 0. The molecule has 0 unspecified atom stereocenters. The first-order valence-corrected chi connectivity index (χ1v) is 9.18. The molecule has 1 atom stereocenters. The molecule has 1 saturated heterocycles. The van der Waals surface area contributed by atoms with Crippen LogP contribution in [0.1, 0.15) is 12.8 Å². The van der Waals surface area contributed by atoms with E-state index in [1.165, 1.54) is 18.2 Å². The van der Waals surface area contributed by atoms with E-state index in [4.69, 9.17) is 5.14 Å². The molecule has 21 heavy (non-hydrogen) atoms. The number of piperidine rings is 1. The van der Waals surface area contributed by atoms with Gasteiger partial charge in [-0.25, -0.2) is 26.7 Å². The first-order valence-electron chi connectivity index (χ1n) is 6.15. The highest BCUT2D eigenvalue weighted by atomic mass is 35.5. The van der Waals surface area contributed by atoms with Crippen LogP contribution in [-0.2, 0) is 20.0 Å². The summed E-state index contributed by atoms with van der Waals surface area (Å²) in [5.74, 6) is 0. The largest absolute Gasteiger partial charge is 0.315 e. The fraction of sp³-hybridized carbons (Fsp3) is 0.455. The maximum Gasteiger partial charge on any atom is 0.240 e. The van der Waals surface area contributed by atoms with Crippen molar-refractivity contribution in [2.24, 2.45) is 5.14 Å². The summed E-state index contributed by atoms with van der Waals surface area (Å²) in [6.07, 6.45) is 1.64. The number of nitrogens with two attached hydrogens (primary N) is 1. The van der Waals surface area contributed by atoms with Crippen LogP contribution in [0.4, 0.5) is 0 Å². The summed E-state index contributed by atoms with van der Waals surface area (Å²) in [6, 6.07) is 4.83. The third-order valence-corrected chi connectivity index (χ3v) is 5.49. The molecule has 120 valence electrons. The summed E-state index contributed by atoms with van der Waals surface area (Å²) in [5.41, 5.74) is 0. The van der Waals surface area contributed by atoms with Crippen molar-refractivity contribution in [2.45, 2.75) is 28.7 Å². The van der Waals surface area contributed by atoms with Gasteiger partial charge in [0.25, 0.3) is 0 Å². The first kappa shape index (κ1) is 18.3. The molecule has 1 aliphatic rings. The van der Waals surface area contributed by atoms with E-state index in [1.54, 1.807) is 0 Å². The van der Waals surface area contributed by atoms with E-state index >= 15 is 0 Å². The highest BCUT2D eigenvalue weighted by Crippen LogP contribution is 2.16. The number of hydrogen-bond acceptors (Lipinski definition) is 5. The normalized spacial score (nSPS) is 19.8. The van der Waals surface area contributed by atoms with E-state index in [0.717, 1.165) is 25.5 Å². The molecule has 0 radical (unpaired) electrons. The Morgan fingerprint density at radius 2 is 1.86 bits per heavy atom. The van der Waals surface area contributed by atoms with Crippen molar-refractivity contribution in [3.8, 4) is 0 Å². The minimum Gasteiger partial charge on any atom is -0.315 e. The van der Waals surface area contributed by atoms with Gasteiger partial charge in [0.15, 0.2) is 0 Å². The smallest absolute Gasteiger partial charge is 0.240 e. The van der Waals surface area contributed by atoms with Gasteiger partial charge < -0.3 is 5.32 Å². The first-order chi connectivity index (χ1) is 9.29. The minimum atomic E-state index is -3.92. The molecule has 1 aromatic carbocycles. The maximum atomic E-state index is 12.2. The second-order valence-corrected chi connectivity index (χ2v) is 7.96. The Hall–Kier alpha value is -0.710. The third kappa shape index (κ3) is 4.90. The molecule has 10 heteroatoms. The molecular weight excluding hydrogens is 338 g/mol. The van der Waals surface area contributed by atoms with Crippen LogP contribution in [0.2, 0.25) is 0 Å². The number of rotatable bonds is 4. The standard InChI is InChI=1S/C11H17N3O4S2.ClH/c12-19(15,16)10-4-1-5-11(7-10)20(17,18)14-9-3-2-6-13-8-9;/h1,4-5,7,9,13-14H,2-3,6,8H2,(H2,12,15,16);1H/t9-;/m1./s1. The van der Waals surface area contributed by atoms with Gasteiger partial charge in [-0.1, -0.05) is 6.07 Å². The van der Waals surface area contributed by atoms with Crippen LogP contribution in [0.3, 0.4) is 0 Å². The lowest BCUT2D eigenvalue weighted by atomic mass is 10.1. The molecule has 1 aromatic rings. The fourth-order valence-electron chi connectivity index (χ4n) is 2.06. The van der Waals surface area contributed by atoms with Gasteiger partial charge in [0.1, 0.15) is 0 Å². The molecular formula is C11H18ClN3O4S2. The van der Waals surface area contributed by atoms with E-state index in [-0.39, 0.29) is 28.2 Å².